The summed E-state index contributed by atoms with van der Waals surface area (Å²) < 4.78 is 46.6. The van der Waals surface area contributed by atoms with Crippen molar-refractivity contribution in [1.29, 1.82) is 0 Å². The second-order valence-electron chi connectivity index (χ2n) is 15.7. The molecule has 4 aliphatic carbocycles. The van der Waals surface area contributed by atoms with E-state index in [2.05, 4.69) is 45.0 Å². The molecular formula is C40H46F2O6. The molecule has 1 saturated heterocycles. The Balaban J connectivity index is 1.18. The van der Waals surface area contributed by atoms with E-state index in [0.29, 0.717) is 11.5 Å². The minimum atomic E-state index is -2.29. The molecule has 256 valence electrons. The molecule has 3 saturated carbocycles. The minimum Gasteiger partial charge on any atom is -0.390 e. The summed E-state index contributed by atoms with van der Waals surface area (Å²) in [6.45, 7) is 9.11. The van der Waals surface area contributed by atoms with Crippen LogP contribution in [0.5, 0.6) is 0 Å². The third kappa shape index (κ3) is 4.55. The maximum atomic E-state index is 17.6. The average Bonchev–Trinajstić information content (AvgIpc) is 3.56. The summed E-state index contributed by atoms with van der Waals surface area (Å²) in [6.07, 6.45) is -0.313. The van der Waals surface area contributed by atoms with E-state index < -0.39 is 76.8 Å². The molecule has 0 unspecified atom stereocenters. The molecule has 5 aliphatic rings. The fourth-order valence-corrected chi connectivity index (χ4v) is 10.3. The molecule has 1 aliphatic heterocycles. The number of halogens is 2. The number of benzene rings is 2. The molecule has 1 heterocycles. The smallest absolute Gasteiger partial charge is 0.193 e. The van der Waals surface area contributed by atoms with Crippen molar-refractivity contribution in [2.24, 2.45) is 28.6 Å². The topological polar surface area (TPSA) is 93.1 Å². The maximum Gasteiger partial charge on any atom is 0.193 e. The number of hydrogen-bond acceptors (Lipinski definition) is 6. The molecular weight excluding hydrogens is 614 g/mol. The van der Waals surface area contributed by atoms with Gasteiger partial charge in [0, 0.05) is 28.2 Å². The second-order valence-corrected chi connectivity index (χ2v) is 15.7. The van der Waals surface area contributed by atoms with Crippen LogP contribution in [-0.2, 0) is 25.5 Å². The van der Waals surface area contributed by atoms with E-state index in [4.69, 9.17) is 9.47 Å². The zero-order chi connectivity index (χ0) is 34.4. The lowest BCUT2D eigenvalue weighted by Crippen LogP contribution is -2.70. The quantitative estimate of drug-likeness (QED) is 0.344. The van der Waals surface area contributed by atoms with Gasteiger partial charge in [-0.3, -0.25) is 9.59 Å². The van der Waals surface area contributed by atoms with Crippen LogP contribution in [0.1, 0.15) is 88.3 Å². The maximum absolute atomic E-state index is 17.6. The number of Topliss-reactive ketones (excluding diaryl/α,β-unsaturated/α-hetero) is 1. The van der Waals surface area contributed by atoms with Crippen molar-refractivity contribution >= 4 is 11.6 Å². The molecule has 0 spiro atoms. The molecule has 6 nitrogen and oxygen atoms in total. The summed E-state index contributed by atoms with van der Waals surface area (Å²) in [5.74, 6) is -1.87. The summed E-state index contributed by atoms with van der Waals surface area (Å²) >= 11 is 0. The van der Waals surface area contributed by atoms with Crippen LogP contribution in [0.3, 0.4) is 0 Å². The first-order valence-electron chi connectivity index (χ1n) is 17.3. The number of carbonyl (C=O) groups is 2. The van der Waals surface area contributed by atoms with E-state index in [1.54, 1.807) is 13.8 Å². The number of fused-ring (bicyclic) bond motifs is 7. The predicted octanol–water partition coefficient (Wildman–Crippen LogP) is 6.68. The van der Waals surface area contributed by atoms with Crippen LogP contribution in [-0.4, -0.2) is 58.0 Å². The summed E-state index contributed by atoms with van der Waals surface area (Å²) in [6, 6.07) is 16.6. The van der Waals surface area contributed by atoms with Gasteiger partial charge >= 0.3 is 0 Å². The Bertz CT molecular complexity index is 1680. The number of rotatable bonds is 7. The van der Waals surface area contributed by atoms with Crippen LogP contribution in [0.2, 0.25) is 0 Å². The highest BCUT2D eigenvalue weighted by atomic mass is 19.1. The van der Waals surface area contributed by atoms with E-state index >= 15 is 8.78 Å². The van der Waals surface area contributed by atoms with Gasteiger partial charge in [-0.2, -0.15) is 0 Å². The molecule has 0 aromatic heterocycles. The number of alkyl halides is 2. The Hall–Kier alpha value is -3.04. The molecule has 4 fully saturated rings. The van der Waals surface area contributed by atoms with Crippen LogP contribution in [0, 0.1) is 28.6 Å². The third-order valence-corrected chi connectivity index (χ3v) is 12.7. The first kappa shape index (κ1) is 33.5. The zero-order valence-electron chi connectivity index (χ0n) is 28.3. The van der Waals surface area contributed by atoms with Crippen molar-refractivity contribution in [1.82, 2.24) is 0 Å². The van der Waals surface area contributed by atoms with Gasteiger partial charge < -0.3 is 19.7 Å². The van der Waals surface area contributed by atoms with E-state index in [1.165, 1.54) is 23.3 Å². The van der Waals surface area contributed by atoms with Gasteiger partial charge in [0.2, 0.25) is 0 Å². The number of ketones is 2. The van der Waals surface area contributed by atoms with Crippen molar-refractivity contribution in [3.8, 4) is 0 Å². The van der Waals surface area contributed by atoms with Gasteiger partial charge in [0.25, 0.3) is 0 Å². The molecule has 2 aromatic carbocycles. The Labute approximate surface area is 281 Å². The Kier molecular flexibility index (Phi) is 8.02. The zero-order valence-corrected chi connectivity index (χ0v) is 28.3. The lowest BCUT2D eigenvalue weighted by Gasteiger charge is -2.63. The van der Waals surface area contributed by atoms with Crippen molar-refractivity contribution in [2.45, 2.75) is 102 Å². The van der Waals surface area contributed by atoms with Crippen LogP contribution < -0.4 is 0 Å². The lowest BCUT2D eigenvalue weighted by atomic mass is 9.44. The van der Waals surface area contributed by atoms with Gasteiger partial charge in [0.1, 0.15) is 12.8 Å². The fourth-order valence-electron chi connectivity index (χ4n) is 10.3. The van der Waals surface area contributed by atoms with Crippen molar-refractivity contribution in [2.75, 3.05) is 6.61 Å². The largest absolute Gasteiger partial charge is 0.390 e. The van der Waals surface area contributed by atoms with Gasteiger partial charge in [-0.05, 0) is 78.9 Å². The van der Waals surface area contributed by atoms with Crippen molar-refractivity contribution in [3.63, 3.8) is 0 Å². The molecule has 0 amide bonds. The average molecular weight is 661 g/mol. The summed E-state index contributed by atoms with van der Waals surface area (Å²) in [4.78, 5) is 26.0. The van der Waals surface area contributed by atoms with Crippen LogP contribution in [0.4, 0.5) is 8.78 Å². The monoisotopic (exact) mass is 660 g/mol. The number of aliphatic hydroxyl groups is 2. The Morgan fingerprint density at radius 2 is 1.77 bits per heavy atom. The molecule has 0 radical (unpaired) electrons. The highest BCUT2D eigenvalue weighted by Crippen LogP contribution is 2.72. The minimum absolute atomic E-state index is 0.0457. The second kappa shape index (κ2) is 11.5. The first-order valence-corrected chi connectivity index (χ1v) is 17.3. The summed E-state index contributed by atoms with van der Waals surface area (Å²) in [7, 11) is 0. The Morgan fingerprint density at radius 3 is 2.46 bits per heavy atom. The number of aliphatic hydroxyl groups excluding tert-OH is 2. The van der Waals surface area contributed by atoms with Crippen molar-refractivity contribution < 1.29 is 38.1 Å². The van der Waals surface area contributed by atoms with E-state index in [0.717, 1.165) is 18.1 Å². The summed E-state index contributed by atoms with van der Waals surface area (Å²) in [5, 5.41) is 22.0. The van der Waals surface area contributed by atoms with E-state index in [1.807, 2.05) is 24.3 Å². The standard InChI is InChI=1S/C40H46F2O6/c1-22(2)15-24-7-6-8-27(16-24)23(3)25-9-11-26(12-10-25)36-47-35-19-29-30-18-32(41)31-17-28(44)13-14-37(31,4)39(30,42)33(45)20-38(29,5)40(35,48-36)34(46)21-43/h6-14,16-17,22-23,29-30,32-33,35-36,43,45H,15,18-21H2,1-5H3/t23-,29+,30+,32+,33+,35-,36-,37+,38+,39+,40-/m1/s1. The molecule has 2 N–H and O–H groups in total. The molecule has 48 heavy (non-hydrogen) atoms. The predicted molar refractivity (Wildman–Crippen MR) is 176 cm³/mol. The SMILES string of the molecule is CC(C)Cc1cccc([C@H](C)c2ccc([C@@H]3O[C@@H]4C[C@H]5[C@@H]6C[C@H](F)C7=CC(=O)C=C[C@]7(C)[C@@]6(F)[C@@H](O)C[C@]5(C)[C@]4(C(=O)CO)O3)cc2)c1. The van der Waals surface area contributed by atoms with E-state index in [9.17, 15) is 19.8 Å². The van der Waals surface area contributed by atoms with E-state index in [-0.39, 0.29) is 30.8 Å². The molecule has 2 aromatic rings. The number of hydrogen-bond donors (Lipinski definition) is 2. The molecule has 0 bridgehead atoms. The first-order chi connectivity index (χ1) is 22.7. The highest BCUT2D eigenvalue weighted by Gasteiger charge is 2.80. The van der Waals surface area contributed by atoms with Crippen LogP contribution in [0.25, 0.3) is 0 Å². The number of allylic oxidation sites excluding steroid dienone is 4. The normalized spacial score (nSPS) is 40.5. The molecule has 8 heteroatoms. The lowest BCUT2D eigenvalue weighted by molar-refractivity contribution is -0.235. The van der Waals surface area contributed by atoms with Gasteiger partial charge in [0.15, 0.2) is 29.1 Å². The van der Waals surface area contributed by atoms with Gasteiger partial charge in [-0.1, -0.05) is 82.3 Å². The highest BCUT2D eigenvalue weighted by molar-refractivity contribution is 6.01. The van der Waals surface area contributed by atoms with Crippen LogP contribution >= 0.6 is 0 Å². The number of ether oxygens (including phenoxy) is 2. The third-order valence-electron chi connectivity index (χ3n) is 12.7. The Morgan fingerprint density at radius 1 is 1.04 bits per heavy atom. The van der Waals surface area contributed by atoms with Crippen LogP contribution in [0.15, 0.2) is 72.3 Å². The molecule has 7 rings (SSSR count). The fraction of sp³-hybridized carbons (Fsp3) is 0.550. The number of carbonyl (C=O) groups excluding carboxylic acids is 2. The van der Waals surface area contributed by atoms with Gasteiger partial charge in [-0.15, -0.1) is 0 Å². The van der Waals surface area contributed by atoms with Gasteiger partial charge in [0.05, 0.1) is 12.2 Å². The van der Waals surface area contributed by atoms with Crippen molar-refractivity contribution in [3.05, 3.63) is 94.6 Å². The molecule has 11 atom stereocenters. The van der Waals surface area contributed by atoms with Gasteiger partial charge in [-0.25, -0.2) is 8.78 Å². The summed E-state index contributed by atoms with van der Waals surface area (Å²) in [5.41, 5.74) is -2.25.